The summed E-state index contributed by atoms with van der Waals surface area (Å²) in [6.07, 6.45) is 2.70. The smallest absolute Gasteiger partial charge is 0.0947 e. The van der Waals surface area contributed by atoms with Gasteiger partial charge >= 0.3 is 0 Å². The summed E-state index contributed by atoms with van der Waals surface area (Å²) in [7, 11) is 1.92. The summed E-state index contributed by atoms with van der Waals surface area (Å²) in [5, 5.41) is 14.6. The van der Waals surface area contributed by atoms with Gasteiger partial charge in [0.1, 0.15) is 0 Å². The Balaban J connectivity index is 2.15. The summed E-state index contributed by atoms with van der Waals surface area (Å²) in [6.45, 7) is 5.04. The number of hydrogen-bond donors (Lipinski definition) is 1. The zero-order valence-corrected chi connectivity index (χ0v) is 11.2. The third kappa shape index (κ3) is 2.89. The molecule has 0 bridgehead atoms. The molecule has 2 heterocycles. The van der Waals surface area contributed by atoms with Crippen molar-refractivity contribution in [1.82, 2.24) is 25.3 Å². The number of thiazole rings is 1. The van der Waals surface area contributed by atoms with Crippen LogP contribution in [0.4, 0.5) is 0 Å². The highest BCUT2D eigenvalue weighted by Crippen LogP contribution is 2.19. The summed E-state index contributed by atoms with van der Waals surface area (Å²) in [5.74, 6) is 0. The summed E-state index contributed by atoms with van der Waals surface area (Å²) < 4.78 is 1.81. The quantitative estimate of drug-likeness (QED) is 0.874. The first-order chi connectivity index (χ1) is 8.20. The summed E-state index contributed by atoms with van der Waals surface area (Å²) >= 11 is 1.71. The molecule has 17 heavy (non-hydrogen) atoms. The predicted octanol–water partition coefficient (Wildman–Crippen LogP) is 1.47. The third-order valence-electron chi connectivity index (χ3n) is 2.60. The molecule has 1 N–H and O–H groups in total. The van der Waals surface area contributed by atoms with Gasteiger partial charge in [0.15, 0.2) is 0 Å². The van der Waals surface area contributed by atoms with Gasteiger partial charge in [0.05, 0.1) is 22.9 Å². The molecule has 0 amide bonds. The molecule has 0 radical (unpaired) electrons. The topological polar surface area (TPSA) is 55.6 Å². The van der Waals surface area contributed by atoms with Gasteiger partial charge in [0.25, 0.3) is 0 Å². The van der Waals surface area contributed by atoms with Crippen LogP contribution in [-0.2, 0) is 13.5 Å². The molecule has 0 saturated heterocycles. The molecule has 2 aromatic rings. The van der Waals surface area contributed by atoms with E-state index < -0.39 is 0 Å². The number of aryl methyl sites for hydroxylation is 2. The lowest BCUT2D eigenvalue weighted by Gasteiger charge is -2.16. The monoisotopic (exact) mass is 251 g/mol. The van der Waals surface area contributed by atoms with Gasteiger partial charge in [-0.15, -0.1) is 16.4 Å². The molecule has 1 unspecified atom stereocenters. The van der Waals surface area contributed by atoms with Crippen LogP contribution in [0.3, 0.4) is 0 Å². The fourth-order valence-corrected chi connectivity index (χ4v) is 2.63. The van der Waals surface area contributed by atoms with Crippen molar-refractivity contribution in [3.63, 3.8) is 0 Å². The summed E-state index contributed by atoms with van der Waals surface area (Å²) in [4.78, 5) is 4.50. The van der Waals surface area contributed by atoms with Gasteiger partial charge in [-0.1, -0.05) is 12.1 Å². The zero-order valence-electron chi connectivity index (χ0n) is 10.3. The number of aromatic nitrogens is 4. The molecule has 5 nitrogen and oxygen atoms in total. The first-order valence-corrected chi connectivity index (χ1v) is 6.57. The van der Waals surface area contributed by atoms with E-state index in [4.69, 9.17) is 0 Å². The average molecular weight is 251 g/mol. The molecule has 1 atom stereocenters. The Bertz CT molecular complexity index is 476. The Kier molecular flexibility index (Phi) is 3.86. The minimum atomic E-state index is 0.227. The maximum atomic E-state index is 4.50. The van der Waals surface area contributed by atoms with Gasteiger partial charge in [-0.2, -0.15) is 0 Å². The van der Waals surface area contributed by atoms with Crippen LogP contribution in [0.1, 0.15) is 29.4 Å². The molecule has 6 heteroatoms. The maximum Gasteiger partial charge on any atom is 0.0947 e. The van der Waals surface area contributed by atoms with Gasteiger partial charge in [-0.05, 0) is 13.5 Å². The first-order valence-electron chi connectivity index (χ1n) is 5.69. The highest BCUT2D eigenvalue weighted by atomic mass is 32.1. The molecule has 0 aliphatic carbocycles. The lowest BCUT2D eigenvalue weighted by molar-refractivity contribution is 0.505. The van der Waals surface area contributed by atoms with Gasteiger partial charge in [-0.25, -0.2) is 4.98 Å². The van der Waals surface area contributed by atoms with E-state index in [0.717, 1.165) is 29.4 Å². The Labute approximate surface area is 105 Å². The normalized spacial score (nSPS) is 12.9. The van der Waals surface area contributed by atoms with E-state index in [2.05, 4.69) is 32.9 Å². The molecule has 0 spiro atoms. The van der Waals surface area contributed by atoms with Gasteiger partial charge in [0.2, 0.25) is 0 Å². The number of nitrogens with zero attached hydrogens (tertiary/aromatic N) is 4. The highest BCUT2D eigenvalue weighted by molar-refractivity contribution is 7.09. The molecule has 0 aliphatic rings. The lowest BCUT2D eigenvalue weighted by Crippen LogP contribution is -2.25. The Morgan fingerprint density at radius 1 is 1.53 bits per heavy atom. The van der Waals surface area contributed by atoms with E-state index in [1.807, 2.05) is 24.9 Å². The molecule has 0 fully saturated rings. The van der Waals surface area contributed by atoms with E-state index >= 15 is 0 Å². The molecule has 2 rings (SSSR count). The van der Waals surface area contributed by atoms with Crippen molar-refractivity contribution in [1.29, 1.82) is 0 Å². The van der Waals surface area contributed by atoms with Crippen molar-refractivity contribution in [2.24, 2.45) is 7.05 Å². The largest absolute Gasteiger partial charge is 0.309 e. The minimum Gasteiger partial charge on any atom is -0.309 e. The molecular weight excluding hydrogens is 234 g/mol. The van der Waals surface area contributed by atoms with Crippen LogP contribution in [0.2, 0.25) is 0 Å². The number of rotatable bonds is 5. The van der Waals surface area contributed by atoms with Crippen LogP contribution in [0.5, 0.6) is 0 Å². The van der Waals surface area contributed by atoms with Crippen molar-refractivity contribution in [2.45, 2.75) is 26.3 Å². The second-order valence-corrected chi connectivity index (χ2v) is 4.92. The van der Waals surface area contributed by atoms with E-state index in [1.165, 1.54) is 0 Å². The SMILES string of the molecule is CCNC(Cc1nc(C)cs1)c1cnnn1C. The van der Waals surface area contributed by atoms with E-state index in [9.17, 15) is 0 Å². The standard InChI is InChI=1S/C11H17N5S/c1-4-12-9(10-6-13-15-16(10)3)5-11-14-8(2)7-17-11/h6-7,9,12H,4-5H2,1-3H3. The Morgan fingerprint density at radius 2 is 2.35 bits per heavy atom. The number of hydrogen-bond acceptors (Lipinski definition) is 5. The van der Waals surface area contributed by atoms with Crippen molar-refractivity contribution in [3.8, 4) is 0 Å². The Morgan fingerprint density at radius 3 is 2.88 bits per heavy atom. The fraction of sp³-hybridized carbons (Fsp3) is 0.545. The predicted molar refractivity (Wildman–Crippen MR) is 68.0 cm³/mol. The average Bonchev–Trinajstić information content (AvgIpc) is 2.87. The molecule has 0 saturated carbocycles. The van der Waals surface area contributed by atoms with Gasteiger partial charge in [0, 0.05) is 24.5 Å². The number of nitrogens with one attached hydrogen (secondary N) is 1. The van der Waals surface area contributed by atoms with Crippen LogP contribution in [0.15, 0.2) is 11.6 Å². The summed E-state index contributed by atoms with van der Waals surface area (Å²) in [6, 6.07) is 0.227. The van der Waals surface area contributed by atoms with Crippen LogP contribution in [-0.4, -0.2) is 26.5 Å². The molecule has 92 valence electrons. The lowest BCUT2D eigenvalue weighted by atomic mass is 10.1. The number of likely N-dealkylation sites (N-methyl/N-ethyl adjacent to an activating group) is 1. The second kappa shape index (κ2) is 5.37. The molecule has 0 aromatic carbocycles. The molecular formula is C11H17N5S. The second-order valence-electron chi connectivity index (χ2n) is 3.98. The van der Waals surface area contributed by atoms with Crippen molar-refractivity contribution >= 4 is 11.3 Å². The summed E-state index contributed by atoms with van der Waals surface area (Å²) in [5.41, 5.74) is 2.18. The molecule has 0 aliphatic heterocycles. The van der Waals surface area contributed by atoms with Gasteiger partial charge in [-0.3, -0.25) is 4.68 Å². The fourth-order valence-electron chi connectivity index (χ4n) is 1.81. The van der Waals surface area contributed by atoms with Crippen molar-refractivity contribution in [2.75, 3.05) is 6.54 Å². The van der Waals surface area contributed by atoms with Crippen LogP contribution in [0.25, 0.3) is 0 Å². The highest BCUT2D eigenvalue weighted by Gasteiger charge is 2.16. The first kappa shape index (κ1) is 12.2. The third-order valence-corrected chi connectivity index (χ3v) is 3.59. The molecule has 2 aromatic heterocycles. The van der Waals surface area contributed by atoms with E-state index in [0.29, 0.717) is 0 Å². The van der Waals surface area contributed by atoms with Crippen molar-refractivity contribution in [3.05, 3.63) is 28.0 Å². The van der Waals surface area contributed by atoms with Crippen LogP contribution < -0.4 is 5.32 Å². The van der Waals surface area contributed by atoms with E-state index in [-0.39, 0.29) is 6.04 Å². The maximum absolute atomic E-state index is 4.50. The Hall–Kier alpha value is -1.27. The van der Waals surface area contributed by atoms with Crippen LogP contribution in [0, 0.1) is 6.92 Å². The van der Waals surface area contributed by atoms with E-state index in [1.54, 1.807) is 11.3 Å². The van der Waals surface area contributed by atoms with Gasteiger partial charge < -0.3 is 5.32 Å². The minimum absolute atomic E-state index is 0.227. The van der Waals surface area contributed by atoms with Crippen molar-refractivity contribution < 1.29 is 0 Å². The van der Waals surface area contributed by atoms with Crippen LogP contribution >= 0.6 is 11.3 Å². The zero-order chi connectivity index (χ0) is 12.3.